The van der Waals surface area contributed by atoms with E-state index in [0.29, 0.717) is 0 Å². The lowest BCUT2D eigenvalue weighted by Crippen LogP contribution is -1.44. The third-order valence-electron chi connectivity index (χ3n) is 0.437. The fourth-order valence-electron chi connectivity index (χ4n) is 0.185. The predicted molar refractivity (Wildman–Crippen MR) is 45.7 cm³/mol. The summed E-state index contributed by atoms with van der Waals surface area (Å²) in [6.45, 7) is 10.8. The van der Waals surface area contributed by atoms with Gasteiger partial charge in [-0.3, -0.25) is 0 Å². The Balaban J connectivity index is 0. The average molecular weight is 138 g/mol. The van der Waals surface area contributed by atoms with E-state index >= 15 is 0 Å². The van der Waals surface area contributed by atoms with Gasteiger partial charge in [0, 0.05) is 12.4 Å². The molecule has 0 aromatic carbocycles. The Hall–Kier alpha value is -1.18. The first kappa shape index (κ1) is 11.6. The Morgan fingerprint density at radius 3 is 2.10 bits per heavy atom. The van der Waals surface area contributed by atoms with Crippen molar-refractivity contribution >= 4 is 0 Å². The van der Waals surface area contributed by atoms with Gasteiger partial charge in [0.15, 0.2) is 0 Å². The maximum atomic E-state index is 3.53. The van der Waals surface area contributed by atoms with Crippen LogP contribution >= 0.6 is 0 Å². The highest BCUT2D eigenvalue weighted by atomic mass is 15.1. The molecule has 0 aliphatic carbocycles. The summed E-state index contributed by atoms with van der Waals surface area (Å²) in [6.07, 6.45) is 6.22. The molecule has 0 amide bonds. The monoisotopic (exact) mass is 138 g/mol. The fourth-order valence-corrected chi connectivity index (χ4v) is 0.185. The Morgan fingerprint density at radius 1 is 1.10 bits per heavy atom. The molecule has 0 heterocycles. The molecule has 0 unspecified atom stereocenters. The SMILES string of the molecule is C=C/C=C\N=NC=C.CC. The Bertz CT molecular complexity index is 107. The van der Waals surface area contributed by atoms with Gasteiger partial charge in [-0.2, -0.15) is 10.2 Å². The molecule has 56 valence electrons. The first-order valence-corrected chi connectivity index (χ1v) is 3.20. The van der Waals surface area contributed by atoms with E-state index in [-0.39, 0.29) is 0 Å². The standard InChI is InChI=1S/C6H8N2.C2H6/c1-3-5-6-8-7-4-2;1-2/h3-6H,1-2H2;1-2H3/b6-5-,8-7?;. The number of azo groups is 1. The lowest BCUT2D eigenvalue weighted by Gasteiger charge is -1.67. The molecule has 0 atom stereocenters. The molecule has 0 spiro atoms. The van der Waals surface area contributed by atoms with Crippen LogP contribution in [0.15, 0.2) is 47.9 Å². The van der Waals surface area contributed by atoms with Crippen molar-refractivity contribution in [3.05, 3.63) is 37.7 Å². The lowest BCUT2D eigenvalue weighted by atomic mass is 10.6. The van der Waals surface area contributed by atoms with E-state index < -0.39 is 0 Å². The van der Waals surface area contributed by atoms with Crippen molar-refractivity contribution in [1.29, 1.82) is 0 Å². The van der Waals surface area contributed by atoms with Crippen molar-refractivity contribution < 1.29 is 0 Å². The van der Waals surface area contributed by atoms with Crippen LogP contribution in [0, 0.1) is 0 Å². The molecule has 0 radical (unpaired) electrons. The maximum absolute atomic E-state index is 3.53. The lowest BCUT2D eigenvalue weighted by molar-refractivity contribution is 1.23. The minimum Gasteiger partial charge on any atom is -0.160 e. The molecule has 0 rings (SSSR count). The summed E-state index contributed by atoms with van der Waals surface area (Å²) in [6, 6.07) is 0. The van der Waals surface area contributed by atoms with Crippen LogP contribution in [0.1, 0.15) is 13.8 Å². The van der Waals surface area contributed by atoms with Crippen LogP contribution in [0.5, 0.6) is 0 Å². The number of rotatable bonds is 3. The van der Waals surface area contributed by atoms with Crippen molar-refractivity contribution in [2.24, 2.45) is 10.2 Å². The van der Waals surface area contributed by atoms with E-state index in [9.17, 15) is 0 Å². The maximum Gasteiger partial charge on any atom is 0.0495 e. The van der Waals surface area contributed by atoms with Crippen molar-refractivity contribution in [3.63, 3.8) is 0 Å². The van der Waals surface area contributed by atoms with Gasteiger partial charge in [0.1, 0.15) is 0 Å². The summed E-state index contributed by atoms with van der Waals surface area (Å²) in [5.41, 5.74) is 0. The van der Waals surface area contributed by atoms with E-state index in [1.165, 1.54) is 12.4 Å². The van der Waals surface area contributed by atoms with Gasteiger partial charge in [0.25, 0.3) is 0 Å². The molecule has 0 aromatic heterocycles. The zero-order chi connectivity index (χ0) is 8.24. The molecule has 0 aromatic rings. The van der Waals surface area contributed by atoms with Crippen molar-refractivity contribution in [2.45, 2.75) is 13.8 Å². The summed E-state index contributed by atoms with van der Waals surface area (Å²) < 4.78 is 0. The number of nitrogens with zero attached hydrogens (tertiary/aromatic N) is 2. The van der Waals surface area contributed by atoms with Gasteiger partial charge in [-0.05, 0) is 6.08 Å². The van der Waals surface area contributed by atoms with Crippen LogP contribution in [0.2, 0.25) is 0 Å². The molecule has 0 saturated carbocycles. The second-order valence-corrected chi connectivity index (χ2v) is 0.991. The topological polar surface area (TPSA) is 24.7 Å². The van der Waals surface area contributed by atoms with E-state index in [4.69, 9.17) is 0 Å². The predicted octanol–water partition coefficient (Wildman–Crippen LogP) is 3.31. The molecule has 2 nitrogen and oxygen atoms in total. The highest BCUT2D eigenvalue weighted by molar-refractivity contribution is 4.95. The van der Waals surface area contributed by atoms with E-state index in [1.54, 1.807) is 12.2 Å². The largest absolute Gasteiger partial charge is 0.160 e. The number of hydrogen-bond acceptors (Lipinski definition) is 2. The van der Waals surface area contributed by atoms with Crippen molar-refractivity contribution in [3.8, 4) is 0 Å². The van der Waals surface area contributed by atoms with Gasteiger partial charge in [-0.15, -0.1) is 0 Å². The molecule has 0 N–H and O–H groups in total. The molecule has 0 aliphatic rings. The van der Waals surface area contributed by atoms with Crippen LogP contribution in [0.4, 0.5) is 0 Å². The van der Waals surface area contributed by atoms with Gasteiger partial charge < -0.3 is 0 Å². The zero-order valence-electron chi connectivity index (χ0n) is 6.62. The first-order chi connectivity index (χ1) is 4.91. The third-order valence-corrected chi connectivity index (χ3v) is 0.437. The van der Waals surface area contributed by atoms with Crippen LogP contribution in [-0.4, -0.2) is 0 Å². The van der Waals surface area contributed by atoms with Crippen LogP contribution in [0.25, 0.3) is 0 Å². The van der Waals surface area contributed by atoms with E-state index in [2.05, 4.69) is 23.4 Å². The molecule has 10 heavy (non-hydrogen) atoms. The summed E-state index contributed by atoms with van der Waals surface area (Å²) >= 11 is 0. The molecular formula is C8H14N2. The molecular weight excluding hydrogens is 124 g/mol. The molecule has 0 fully saturated rings. The van der Waals surface area contributed by atoms with Gasteiger partial charge in [0.05, 0.1) is 0 Å². The first-order valence-electron chi connectivity index (χ1n) is 3.20. The van der Waals surface area contributed by atoms with E-state index in [1.807, 2.05) is 13.8 Å². The van der Waals surface area contributed by atoms with Crippen LogP contribution < -0.4 is 0 Å². The summed E-state index contributed by atoms with van der Waals surface area (Å²) in [7, 11) is 0. The molecule has 0 aliphatic heterocycles. The highest BCUT2D eigenvalue weighted by Crippen LogP contribution is 1.77. The molecule has 0 bridgehead atoms. The second kappa shape index (κ2) is 15.7. The Kier molecular flexibility index (Phi) is 18.2. The van der Waals surface area contributed by atoms with Crippen LogP contribution in [-0.2, 0) is 0 Å². The van der Waals surface area contributed by atoms with Gasteiger partial charge >= 0.3 is 0 Å². The normalized spacial score (nSPS) is 9.00. The molecule has 0 saturated heterocycles. The van der Waals surface area contributed by atoms with Gasteiger partial charge in [-0.1, -0.05) is 33.1 Å². The fraction of sp³-hybridized carbons (Fsp3) is 0.250. The van der Waals surface area contributed by atoms with Crippen LogP contribution in [0.3, 0.4) is 0 Å². The number of hydrogen-bond donors (Lipinski definition) is 0. The van der Waals surface area contributed by atoms with Crippen molar-refractivity contribution in [1.82, 2.24) is 0 Å². The third kappa shape index (κ3) is 15.8. The number of allylic oxidation sites excluding steroid dienone is 2. The quantitative estimate of drug-likeness (QED) is 0.422. The highest BCUT2D eigenvalue weighted by Gasteiger charge is 1.55. The molecule has 2 heteroatoms. The Labute approximate surface area is 62.7 Å². The summed E-state index contributed by atoms with van der Waals surface area (Å²) in [4.78, 5) is 0. The smallest absolute Gasteiger partial charge is 0.0495 e. The van der Waals surface area contributed by atoms with Gasteiger partial charge in [0.2, 0.25) is 0 Å². The van der Waals surface area contributed by atoms with Gasteiger partial charge in [-0.25, -0.2) is 0 Å². The minimum absolute atomic E-state index is 1.37. The van der Waals surface area contributed by atoms with E-state index in [0.717, 1.165) is 0 Å². The van der Waals surface area contributed by atoms with Crippen molar-refractivity contribution in [2.75, 3.05) is 0 Å². The second-order valence-electron chi connectivity index (χ2n) is 0.991. The minimum atomic E-state index is 1.37. The average Bonchev–Trinajstić information content (AvgIpc) is 2.02. The summed E-state index contributed by atoms with van der Waals surface area (Å²) in [5.74, 6) is 0. The summed E-state index contributed by atoms with van der Waals surface area (Å²) in [5, 5.41) is 7.00. The zero-order valence-corrected chi connectivity index (χ0v) is 6.62. The Morgan fingerprint density at radius 2 is 1.70 bits per heavy atom.